The maximum Gasteiger partial charge on any atom is 0.276 e. The number of hydrogen-bond donors (Lipinski definition) is 1. The topological polar surface area (TPSA) is 67.8 Å². The van der Waals surface area contributed by atoms with E-state index >= 15 is 0 Å². The smallest absolute Gasteiger partial charge is 0.276 e. The fourth-order valence-corrected chi connectivity index (χ4v) is 1.82. The largest absolute Gasteiger partial charge is 0.289 e. The molecule has 0 aromatic carbocycles. The third-order valence-corrected chi connectivity index (χ3v) is 2.92. The van der Waals surface area contributed by atoms with E-state index in [-0.39, 0.29) is 24.3 Å². The van der Waals surface area contributed by atoms with Crippen LogP contribution in [0.25, 0.3) is 0 Å². The fourth-order valence-electron chi connectivity index (χ4n) is 1.82. The highest BCUT2D eigenvalue weighted by Crippen LogP contribution is 2.07. The number of carbonyl (C=O) groups is 1. The first-order valence-electron chi connectivity index (χ1n) is 6.83. The summed E-state index contributed by atoms with van der Waals surface area (Å²) in [5.74, 6) is -0.0115. The number of rotatable bonds is 6. The van der Waals surface area contributed by atoms with Gasteiger partial charge in [0.25, 0.3) is 5.91 Å². The van der Waals surface area contributed by atoms with E-state index in [1.807, 2.05) is 6.07 Å². The zero-order chi connectivity index (χ0) is 14.2. The van der Waals surface area contributed by atoms with E-state index in [0.29, 0.717) is 5.69 Å². The predicted octanol–water partition coefficient (Wildman–Crippen LogP) is 3.28. The minimum Gasteiger partial charge on any atom is -0.289 e. The lowest BCUT2D eigenvalue weighted by atomic mass is 10.1. The normalized spacial score (nSPS) is 9.76. The zero-order valence-corrected chi connectivity index (χ0v) is 12.8. The number of carbonyl (C=O) groups excluding carboxylic acids is 1. The second kappa shape index (κ2) is 9.02. The van der Waals surface area contributed by atoms with Crippen molar-refractivity contribution in [3.8, 4) is 0 Å². The van der Waals surface area contributed by atoms with Crippen LogP contribution in [0.3, 0.4) is 0 Å². The average Bonchev–Trinajstić information content (AvgIpc) is 2.49. The molecule has 5 nitrogen and oxygen atoms in total. The van der Waals surface area contributed by atoms with Crippen molar-refractivity contribution in [2.45, 2.75) is 32.6 Å². The Morgan fingerprint density at radius 3 is 2.52 bits per heavy atom. The third kappa shape index (κ3) is 5.47. The molecule has 2 aromatic rings. The Bertz CT molecular complexity index is 545. The van der Waals surface area contributed by atoms with Crippen molar-refractivity contribution in [3.05, 3.63) is 48.0 Å². The van der Waals surface area contributed by atoms with Crippen LogP contribution in [0.4, 0.5) is 5.95 Å². The Labute approximate surface area is 130 Å². The first-order chi connectivity index (χ1) is 9.79. The van der Waals surface area contributed by atoms with Crippen LogP contribution in [-0.4, -0.2) is 20.9 Å². The van der Waals surface area contributed by atoms with Gasteiger partial charge in [-0.2, -0.15) is 0 Å². The molecule has 6 heteroatoms. The van der Waals surface area contributed by atoms with Gasteiger partial charge in [0.2, 0.25) is 5.95 Å². The van der Waals surface area contributed by atoms with E-state index in [1.165, 1.54) is 12.8 Å². The summed E-state index contributed by atoms with van der Waals surface area (Å²) in [6.07, 6.45) is 9.49. The fraction of sp³-hybridized carbons (Fsp3) is 0.333. The van der Waals surface area contributed by atoms with Crippen molar-refractivity contribution in [2.24, 2.45) is 0 Å². The lowest BCUT2D eigenvalue weighted by Crippen LogP contribution is -2.15. The number of aryl methyl sites for hydroxylation is 1. The molecule has 0 aliphatic heterocycles. The third-order valence-electron chi connectivity index (χ3n) is 2.92. The number of pyridine rings is 1. The summed E-state index contributed by atoms with van der Waals surface area (Å²) >= 11 is 0. The Kier molecular flexibility index (Phi) is 7.32. The Balaban J connectivity index is 0.00000220. The van der Waals surface area contributed by atoms with Gasteiger partial charge < -0.3 is 0 Å². The summed E-state index contributed by atoms with van der Waals surface area (Å²) in [6.45, 7) is 2.18. The Hall–Kier alpha value is -2.01. The molecule has 1 amide bonds. The maximum atomic E-state index is 11.9. The molecule has 0 aliphatic carbocycles. The molecule has 0 atom stereocenters. The summed E-state index contributed by atoms with van der Waals surface area (Å²) < 4.78 is 0. The van der Waals surface area contributed by atoms with E-state index in [0.717, 1.165) is 18.4 Å². The van der Waals surface area contributed by atoms with Crippen molar-refractivity contribution < 1.29 is 4.79 Å². The molecule has 21 heavy (non-hydrogen) atoms. The quantitative estimate of drug-likeness (QED) is 0.832. The molecule has 0 spiro atoms. The predicted molar refractivity (Wildman–Crippen MR) is 84.7 cm³/mol. The monoisotopic (exact) mass is 306 g/mol. The van der Waals surface area contributed by atoms with E-state index < -0.39 is 0 Å². The van der Waals surface area contributed by atoms with Gasteiger partial charge >= 0.3 is 0 Å². The Morgan fingerprint density at radius 2 is 1.90 bits per heavy atom. The van der Waals surface area contributed by atoms with Crippen LogP contribution in [0.15, 0.2) is 36.8 Å². The van der Waals surface area contributed by atoms with Crippen molar-refractivity contribution >= 4 is 24.3 Å². The van der Waals surface area contributed by atoms with Crippen LogP contribution in [0.5, 0.6) is 0 Å². The molecule has 2 aromatic heterocycles. The van der Waals surface area contributed by atoms with Gasteiger partial charge in [0.15, 0.2) is 0 Å². The van der Waals surface area contributed by atoms with Gasteiger partial charge in [-0.15, -0.1) is 12.4 Å². The highest BCUT2D eigenvalue weighted by Gasteiger charge is 2.08. The molecular formula is C15H19ClN4O. The molecule has 0 radical (unpaired) electrons. The SMILES string of the molecule is CCCCCc1ccc(C(=O)Nc2ncccn2)nc1.Cl. The number of nitrogens with zero attached hydrogens (tertiary/aromatic N) is 3. The zero-order valence-electron chi connectivity index (χ0n) is 12.0. The summed E-state index contributed by atoms with van der Waals surface area (Å²) in [5.41, 5.74) is 1.53. The van der Waals surface area contributed by atoms with Gasteiger partial charge in [0, 0.05) is 18.6 Å². The number of anilines is 1. The number of nitrogens with one attached hydrogen (secondary N) is 1. The number of halogens is 1. The van der Waals surface area contributed by atoms with Crippen LogP contribution < -0.4 is 5.32 Å². The molecule has 0 saturated heterocycles. The summed E-state index contributed by atoms with van der Waals surface area (Å²) in [6, 6.07) is 5.38. The molecule has 0 saturated carbocycles. The van der Waals surface area contributed by atoms with Crippen LogP contribution >= 0.6 is 12.4 Å². The first kappa shape index (κ1) is 17.0. The maximum absolute atomic E-state index is 11.9. The van der Waals surface area contributed by atoms with E-state index in [2.05, 4.69) is 27.2 Å². The van der Waals surface area contributed by atoms with E-state index in [4.69, 9.17) is 0 Å². The number of amides is 1. The van der Waals surface area contributed by atoms with Crippen molar-refractivity contribution in [1.82, 2.24) is 15.0 Å². The highest BCUT2D eigenvalue weighted by molar-refractivity contribution is 6.01. The van der Waals surface area contributed by atoms with Crippen molar-refractivity contribution in [3.63, 3.8) is 0 Å². The molecule has 0 unspecified atom stereocenters. The lowest BCUT2D eigenvalue weighted by Gasteiger charge is -2.04. The minimum absolute atomic E-state index is 0. The summed E-state index contributed by atoms with van der Waals surface area (Å²) in [4.78, 5) is 24.0. The molecule has 0 fully saturated rings. The number of unbranched alkanes of at least 4 members (excludes halogenated alkanes) is 2. The molecule has 0 aliphatic rings. The average molecular weight is 307 g/mol. The van der Waals surface area contributed by atoms with Crippen molar-refractivity contribution in [1.29, 1.82) is 0 Å². The van der Waals surface area contributed by atoms with Gasteiger partial charge in [-0.25, -0.2) is 9.97 Å². The van der Waals surface area contributed by atoms with Gasteiger partial charge in [-0.1, -0.05) is 25.8 Å². The van der Waals surface area contributed by atoms with Crippen LogP contribution in [-0.2, 0) is 6.42 Å². The summed E-state index contributed by atoms with van der Waals surface area (Å²) in [5, 5.41) is 2.61. The van der Waals surface area contributed by atoms with E-state index in [9.17, 15) is 4.79 Å². The van der Waals surface area contributed by atoms with E-state index in [1.54, 1.807) is 30.7 Å². The molecule has 1 N–H and O–H groups in total. The van der Waals surface area contributed by atoms with Crippen LogP contribution in [0.2, 0.25) is 0 Å². The van der Waals surface area contributed by atoms with Crippen LogP contribution in [0, 0.1) is 0 Å². The summed E-state index contributed by atoms with van der Waals surface area (Å²) in [7, 11) is 0. The molecule has 112 valence electrons. The van der Waals surface area contributed by atoms with Gasteiger partial charge in [0.1, 0.15) is 5.69 Å². The second-order valence-corrected chi connectivity index (χ2v) is 4.54. The Morgan fingerprint density at radius 1 is 1.14 bits per heavy atom. The molecule has 0 bridgehead atoms. The van der Waals surface area contributed by atoms with Gasteiger partial charge in [-0.05, 0) is 30.5 Å². The highest BCUT2D eigenvalue weighted by atomic mass is 35.5. The first-order valence-corrected chi connectivity index (χ1v) is 6.83. The van der Waals surface area contributed by atoms with Gasteiger partial charge in [0.05, 0.1) is 0 Å². The lowest BCUT2D eigenvalue weighted by molar-refractivity contribution is 0.102. The second-order valence-electron chi connectivity index (χ2n) is 4.54. The molecular weight excluding hydrogens is 288 g/mol. The van der Waals surface area contributed by atoms with Gasteiger partial charge in [-0.3, -0.25) is 15.1 Å². The number of hydrogen-bond acceptors (Lipinski definition) is 4. The number of aromatic nitrogens is 3. The van der Waals surface area contributed by atoms with Crippen LogP contribution in [0.1, 0.15) is 42.2 Å². The standard InChI is InChI=1S/C15H18N4O.ClH/c1-2-3-4-6-12-7-8-13(18-11-12)14(20)19-15-16-9-5-10-17-15;/h5,7-11H,2-4,6H2,1H3,(H,16,17,19,20);1H. The van der Waals surface area contributed by atoms with Crippen molar-refractivity contribution in [2.75, 3.05) is 5.32 Å². The minimum atomic E-state index is -0.295. The molecule has 2 heterocycles. The molecule has 2 rings (SSSR count).